The van der Waals surface area contributed by atoms with Crippen molar-refractivity contribution in [2.75, 3.05) is 40.0 Å². The van der Waals surface area contributed by atoms with E-state index in [2.05, 4.69) is 21.3 Å². The molecule has 4 atom stereocenters. The van der Waals surface area contributed by atoms with E-state index in [1.54, 1.807) is 13.2 Å². The minimum absolute atomic E-state index is 0.00694. The van der Waals surface area contributed by atoms with Gasteiger partial charge in [-0.1, -0.05) is 37.3 Å². The Kier molecular flexibility index (Phi) is 17.0. The van der Waals surface area contributed by atoms with Crippen molar-refractivity contribution in [3.8, 4) is 5.75 Å². The predicted molar refractivity (Wildman–Crippen MR) is 156 cm³/mol. The molecule has 13 heteroatoms. The van der Waals surface area contributed by atoms with Crippen molar-refractivity contribution in [3.63, 3.8) is 0 Å². The average Bonchev–Trinajstić information content (AvgIpc) is 2.96. The molecule has 0 unspecified atom stereocenters. The predicted octanol–water partition coefficient (Wildman–Crippen LogP) is 4.06. The van der Waals surface area contributed by atoms with Crippen molar-refractivity contribution in [1.29, 1.82) is 0 Å². The Morgan fingerprint density at radius 1 is 0.875 bits per heavy atom. The van der Waals surface area contributed by atoms with Crippen molar-refractivity contribution < 1.29 is 32.1 Å². The molecule has 0 saturated heterocycles. The van der Waals surface area contributed by atoms with Gasteiger partial charge in [0.2, 0.25) is 0 Å². The Balaban J connectivity index is 0.00000141. The van der Waals surface area contributed by atoms with Crippen LogP contribution in [0.15, 0.2) is 6.07 Å². The van der Waals surface area contributed by atoms with Crippen molar-refractivity contribution in [3.05, 3.63) is 22.5 Å². The second-order valence-corrected chi connectivity index (χ2v) is 12.8. The summed E-state index contributed by atoms with van der Waals surface area (Å²) < 4.78 is 16.1. The van der Waals surface area contributed by atoms with Crippen LogP contribution in [0.3, 0.4) is 0 Å². The van der Waals surface area contributed by atoms with Gasteiger partial charge in [0, 0.05) is 63.5 Å². The number of halogens is 3. The number of hydrogen-bond acceptors (Lipinski definition) is 9. The van der Waals surface area contributed by atoms with Crippen LogP contribution in [-0.4, -0.2) is 75.1 Å². The first kappa shape index (κ1) is 34.3. The van der Waals surface area contributed by atoms with Crippen molar-refractivity contribution in [2.24, 2.45) is 0 Å². The van der Waals surface area contributed by atoms with E-state index >= 15 is 0 Å². The average molecular weight is 664 g/mol. The number of pyridine rings is 1. The summed E-state index contributed by atoms with van der Waals surface area (Å²) in [5, 5.41) is 15.5. The number of nitrogens with zero attached hydrogens (tertiary/aromatic N) is 1. The molecule has 2 saturated carbocycles. The van der Waals surface area contributed by atoms with Crippen LogP contribution >= 0.6 is 31.8 Å². The molecular weight excluding hydrogens is 620 g/mol. The molecule has 2 bridgehead atoms. The van der Waals surface area contributed by atoms with E-state index in [0.717, 1.165) is 38.0 Å². The van der Waals surface area contributed by atoms with E-state index in [0.29, 0.717) is 66.9 Å². The van der Waals surface area contributed by atoms with Gasteiger partial charge in [-0.2, -0.15) is 0 Å². The number of carbonyl (C=O) groups is 1. The van der Waals surface area contributed by atoms with E-state index in [4.69, 9.17) is 51.0 Å². The van der Waals surface area contributed by atoms with Gasteiger partial charge in [0.15, 0.2) is 5.75 Å². The summed E-state index contributed by atoms with van der Waals surface area (Å²) in [5.74, 6) is 0.0617. The van der Waals surface area contributed by atoms with Gasteiger partial charge in [0.1, 0.15) is 0 Å². The molecule has 1 aromatic rings. The quantitative estimate of drug-likeness (QED) is 0.195. The van der Waals surface area contributed by atoms with Crippen LogP contribution in [0.25, 0.3) is 0 Å². The summed E-state index contributed by atoms with van der Waals surface area (Å²) >= 11 is 6.67. The van der Waals surface area contributed by atoms with Gasteiger partial charge in [-0.25, -0.2) is 4.98 Å². The number of hydrogen-bond donors (Lipinski definition) is 4. The Morgan fingerprint density at radius 3 is 1.95 bits per heavy atom. The molecule has 1 aliphatic heterocycles. The molecule has 229 valence electrons. The summed E-state index contributed by atoms with van der Waals surface area (Å²) in [5.41, 5.74) is 1.51. The standard InChI is InChI=1S/C27H44ClN5O4.2ClH.Mn/c1-35-14-15-36-13-10-27(34)37-26-16-19(28)24-17-31-22-8-4-2-6-20(22)29-11-12-30-21-7-3-5-9-23(21)32-18-25(26)33-24;;;/h16,20-23,29-32H,2-15,17-18H2,1H3;2*1H;/q;;;+2/p-2/t20-,21-,22-,23-;;;/m1.../s1. The summed E-state index contributed by atoms with van der Waals surface area (Å²) in [6, 6.07) is 3.35. The first-order valence-corrected chi connectivity index (χ1v) is 17.9. The fraction of sp³-hybridized carbons (Fsp3) is 0.778. The van der Waals surface area contributed by atoms with Crippen LogP contribution in [0.5, 0.6) is 5.75 Å². The molecule has 0 spiro atoms. The third kappa shape index (κ3) is 11.8. The third-order valence-corrected chi connectivity index (χ3v) is 8.05. The van der Waals surface area contributed by atoms with Gasteiger partial charge in [0.25, 0.3) is 0 Å². The van der Waals surface area contributed by atoms with E-state index in [1.165, 1.54) is 32.1 Å². The summed E-state index contributed by atoms with van der Waals surface area (Å²) in [7, 11) is 11.2. The van der Waals surface area contributed by atoms with Crippen LogP contribution in [0, 0.1) is 0 Å². The number of rotatable bonds is 7. The van der Waals surface area contributed by atoms with Crippen LogP contribution < -0.4 is 26.0 Å². The van der Waals surface area contributed by atoms with Crippen LogP contribution in [0.4, 0.5) is 0 Å². The number of ether oxygens (including phenoxy) is 3. The van der Waals surface area contributed by atoms with Gasteiger partial charge in [0.05, 0.1) is 42.7 Å². The van der Waals surface area contributed by atoms with Gasteiger partial charge in [-0.15, -0.1) is 0 Å². The van der Waals surface area contributed by atoms with Gasteiger partial charge < -0.3 is 35.5 Å². The number of aromatic nitrogens is 1. The summed E-state index contributed by atoms with van der Waals surface area (Å²) in [6.07, 6.45) is 9.72. The fourth-order valence-electron chi connectivity index (χ4n) is 5.68. The van der Waals surface area contributed by atoms with Gasteiger partial charge >= 0.3 is 39.3 Å². The molecule has 40 heavy (non-hydrogen) atoms. The van der Waals surface area contributed by atoms with E-state index in [9.17, 15) is 4.79 Å². The number of fused-ring (bicyclic) bond motifs is 4. The van der Waals surface area contributed by atoms with E-state index in [1.807, 2.05) is 0 Å². The normalized spacial score (nSPS) is 25.7. The monoisotopic (exact) mass is 662 g/mol. The zero-order valence-corrected chi connectivity index (χ0v) is 26.7. The topological polar surface area (TPSA) is 106 Å². The fourth-order valence-corrected chi connectivity index (χ4v) is 5.88. The van der Waals surface area contributed by atoms with E-state index in [-0.39, 0.29) is 32.1 Å². The Bertz CT molecular complexity index is 891. The van der Waals surface area contributed by atoms with Crippen molar-refractivity contribution in [2.45, 2.75) is 95.0 Å². The molecule has 0 aromatic carbocycles. The number of methoxy groups -OCH3 is 1. The number of nitrogens with one attached hydrogen (secondary N) is 4. The van der Waals surface area contributed by atoms with Crippen LogP contribution in [0.1, 0.15) is 69.2 Å². The number of carbonyl (C=O) groups excluding carboxylic acids is 1. The Labute approximate surface area is 258 Å². The molecule has 2 fully saturated rings. The molecule has 4 N–H and O–H groups in total. The zero-order valence-electron chi connectivity index (χ0n) is 23.3. The molecule has 3 aliphatic rings. The SMILES string of the molecule is COCCOCCC(=O)Oc1cc(Cl)c2nc1CN[C@@H]1CCCC[C@H]1NCCN[C@@H]1CCCC[C@H]1NC2.[Cl][Mn][Cl]. The summed E-state index contributed by atoms with van der Waals surface area (Å²) in [4.78, 5) is 17.5. The molecule has 0 radical (unpaired) electrons. The minimum atomic E-state index is -0.360. The molecule has 0 amide bonds. The zero-order chi connectivity index (χ0) is 28.6. The second kappa shape index (κ2) is 19.9. The van der Waals surface area contributed by atoms with Crippen LogP contribution in [0.2, 0.25) is 5.02 Å². The second-order valence-electron chi connectivity index (χ2n) is 10.4. The number of esters is 1. The maximum absolute atomic E-state index is 12.6. The van der Waals surface area contributed by atoms with Crippen molar-refractivity contribution in [1.82, 2.24) is 26.3 Å². The maximum atomic E-state index is 12.6. The summed E-state index contributed by atoms with van der Waals surface area (Å²) in [6.45, 7) is 4.25. The van der Waals surface area contributed by atoms with Gasteiger partial charge in [-0.05, 0) is 25.7 Å². The first-order valence-electron chi connectivity index (χ1n) is 14.3. The first-order chi connectivity index (χ1) is 19.5. The Morgan fingerprint density at radius 2 is 1.40 bits per heavy atom. The molecular formula is C27H44Cl3MnN5O4. The molecule has 4 rings (SSSR count). The van der Waals surface area contributed by atoms with Crippen LogP contribution in [-0.2, 0) is 40.5 Å². The third-order valence-electron chi connectivity index (χ3n) is 7.73. The van der Waals surface area contributed by atoms with E-state index < -0.39 is 0 Å². The Hall–Kier alpha value is -0.231. The molecule has 2 aliphatic carbocycles. The molecule has 2 heterocycles. The molecule has 1 aromatic heterocycles. The molecule has 9 nitrogen and oxygen atoms in total. The van der Waals surface area contributed by atoms with Gasteiger partial charge in [-0.3, -0.25) is 4.79 Å². The van der Waals surface area contributed by atoms with Crippen molar-refractivity contribution >= 4 is 37.8 Å².